The summed E-state index contributed by atoms with van der Waals surface area (Å²) in [6.45, 7) is 7.49. The zero-order valence-electron chi connectivity index (χ0n) is 18.6. The first-order chi connectivity index (χ1) is 15.3. The van der Waals surface area contributed by atoms with Crippen molar-refractivity contribution >= 4 is 5.69 Å². The number of aromatic nitrogens is 4. The first kappa shape index (κ1) is 21.5. The summed E-state index contributed by atoms with van der Waals surface area (Å²) in [7, 11) is 1.69. The van der Waals surface area contributed by atoms with Crippen LogP contribution in [0.5, 0.6) is 5.75 Å². The molecular formula is C24H34N6O+2. The monoisotopic (exact) mass is 422 g/mol. The molecule has 31 heavy (non-hydrogen) atoms. The molecule has 4 rings (SSSR count). The Morgan fingerprint density at radius 2 is 1.74 bits per heavy atom. The Morgan fingerprint density at radius 3 is 2.42 bits per heavy atom. The maximum atomic E-state index is 5.28. The molecule has 0 aliphatic carbocycles. The van der Waals surface area contributed by atoms with Gasteiger partial charge in [-0.15, -0.1) is 5.10 Å². The van der Waals surface area contributed by atoms with Gasteiger partial charge >= 0.3 is 0 Å². The minimum absolute atomic E-state index is 0.338. The third-order valence-corrected chi connectivity index (χ3v) is 6.38. The van der Waals surface area contributed by atoms with E-state index < -0.39 is 0 Å². The minimum atomic E-state index is 0.338. The van der Waals surface area contributed by atoms with Gasteiger partial charge < -0.3 is 9.64 Å². The van der Waals surface area contributed by atoms with Crippen LogP contribution in [0.3, 0.4) is 0 Å². The average molecular weight is 423 g/mol. The molecule has 0 spiro atoms. The number of unbranched alkanes of at least 4 members (excludes halogenated alkanes) is 1. The number of hydrogen-bond acceptors (Lipinski definition) is 4. The van der Waals surface area contributed by atoms with Crippen LogP contribution in [0.4, 0.5) is 5.69 Å². The highest BCUT2D eigenvalue weighted by atomic mass is 16.5. The number of quaternary nitrogens is 2. The molecule has 7 nitrogen and oxygen atoms in total. The Labute approximate surface area is 184 Å². The van der Waals surface area contributed by atoms with Gasteiger partial charge in [0.25, 0.3) is 0 Å². The van der Waals surface area contributed by atoms with E-state index in [4.69, 9.17) is 4.74 Å². The van der Waals surface area contributed by atoms with Crippen LogP contribution in [0.15, 0.2) is 54.6 Å². The summed E-state index contributed by atoms with van der Waals surface area (Å²) >= 11 is 0. The van der Waals surface area contributed by atoms with Crippen molar-refractivity contribution in [3.63, 3.8) is 0 Å². The Kier molecular flexibility index (Phi) is 7.27. The summed E-state index contributed by atoms with van der Waals surface area (Å²) in [5, 5.41) is 12.9. The first-order valence-electron chi connectivity index (χ1n) is 11.4. The number of piperazine rings is 1. The summed E-state index contributed by atoms with van der Waals surface area (Å²) < 4.78 is 7.27. The number of rotatable bonds is 9. The van der Waals surface area contributed by atoms with Gasteiger partial charge in [-0.05, 0) is 46.7 Å². The molecular weight excluding hydrogens is 388 g/mol. The lowest BCUT2D eigenvalue weighted by atomic mass is 10.1. The SMILES string of the molecule is CCCC[C@@H](c1nnnn1Cc1ccc(OC)cc1)[NH+]1CC[NH+](c2ccccc2)CC1. The van der Waals surface area contributed by atoms with E-state index in [9.17, 15) is 0 Å². The molecule has 7 heteroatoms. The van der Waals surface area contributed by atoms with Crippen LogP contribution in [-0.2, 0) is 6.54 Å². The van der Waals surface area contributed by atoms with E-state index in [0.29, 0.717) is 12.6 Å². The van der Waals surface area contributed by atoms with Crippen molar-refractivity contribution < 1.29 is 14.5 Å². The molecule has 1 fully saturated rings. The fourth-order valence-electron chi connectivity index (χ4n) is 4.59. The Bertz CT molecular complexity index is 919. The van der Waals surface area contributed by atoms with E-state index in [1.54, 1.807) is 16.9 Å². The maximum absolute atomic E-state index is 5.28. The smallest absolute Gasteiger partial charge is 0.209 e. The highest BCUT2D eigenvalue weighted by molar-refractivity contribution is 5.28. The third-order valence-electron chi connectivity index (χ3n) is 6.38. The lowest BCUT2D eigenvalue weighted by Crippen LogP contribution is -3.26. The van der Waals surface area contributed by atoms with Crippen molar-refractivity contribution in [3.8, 4) is 5.75 Å². The molecule has 1 aliphatic heterocycles. The number of hydrogen-bond donors (Lipinski definition) is 2. The first-order valence-corrected chi connectivity index (χ1v) is 11.4. The second-order valence-corrected chi connectivity index (χ2v) is 8.37. The lowest BCUT2D eigenvalue weighted by molar-refractivity contribution is -1.01. The molecule has 1 aliphatic rings. The van der Waals surface area contributed by atoms with E-state index in [0.717, 1.165) is 44.2 Å². The number of ether oxygens (including phenoxy) is 1. The summed E-state index contributed by atoms with van der Waals surface area (Å²) in [5.41, 5.74) is 2.58. The second kappa shape index (κ2) is 10.5. The predicted octanol–water partition coefficient (Wildman–Crippen LogP) is 1.08. The second-order valence-electron chi connectivity index (χ2n) is 8.37. The predicted molar refractivity (Wildman–Crippen MR) is 120 cm³/mol. The molecule has 1 aromatic heterocycles. The van der Waals surface area contributed by atoms with E-state index >= 15 is 0 Å². The van der Waals surface area contributed by atoms with Gasteiger partial charge in [-0.3, -0.25) is 4.90 Å². The van der Waals surface area contributed by atoms with Gasteiger partial charge in [-0.25, -0.2) is 4.68 Å². The van der Waals surface area contributed by atoms with Crippen molar-refractivity contribution in [2.75, 3.05) is 33.3 Å². The fourth-order valence-corrected chi connectivity index (χ4v) is 4.59. The van der Waals surface area contributed by atoms with E-state index in [1.165, 1.54) is 24.1 Å². The van der Waals surface area contributed by atoms with E-state index in [-0.39, 0.29) is 0 Å². The molecule has 164 valence electrons. The molecule has 0 saturated carbocycles. The third kappa shape index (κ3) is 5.29. The summed E-state index contributed by atoms with van der Waals surface area (Å²) in [6, 6.07) is 19.3. The van der Waals surface area contributed by atoms with Crippen molar-refractivity contribution in [2.45, 2.75) is 38.8 Å². The number of benzene rings is 2. The Balaban J connectivity index is 1.47. The van der Waals surface area contributed by atoms with Gasteiger partial charge in [0.05, 0.1) is 13.7 Å². The normalized spacial score (nSPS) is 19.8. The van der Waals surface area contributed by atoms with E-state index in [2.05, 4.69) is 64.9 Å². The summed E-state index contributed by atoms with van der Waals surface area (Å²) in [5.74, 6) is 1.88. The highest BCUT2D eigenvalue weighted by Crippen LogP contribution is 2.17. The number of nitrogens with one attached hydrogen (secondary N) is 2. The number of nitrogens with zero attached hydrogens (tertiary/aromatic N) is 4. The standard InChI is InChI=1S/C24H32N6O/c1-3-4-10-23(29-17-15-28(16-18-29)21-8-6-5-7-9-21)24-25-26-27-30(24)19-20-11-13-22(31-2)14-12-20/h5-9,11-14,23H,3-4,10,15-19H2,1-2H3/p+2/t23-/m0/s1. The summed E-state index contributed by atoms with van der Waals surface area (Å²) in [6.07, 6.45) is 3.50. The van der Waals surface area contributed by atoms with Crippen LogP contribution in [0.25, 0.3) is 0 Å². The average Bonchev–Trinajstić information content (AvgIpc) is 3.28. The molecule has 1 saturated heterocycles. The zero-order valence-corrected chi connectivity index (χ0v) is 18.6. The molecule has 3 aromatic rings. The van der Waals surface area contributed by atoms with Gasteiger partial charge in [0.1, 0.15) is 43.7 Å². The van der Waals surface area contributed by atoms with Gasteiger partial charge in [0, 0.05) is 6.42 Å². The molecule has 2 N–H and O–H groups in total. The van der Waals surface area contributed by atoms with Gasteiger partial charge in [0.15, 0.2) is 0 Å². The largest absolute Gasteiger partial charge is 0.497 e. The van der Waals surface area contributed by atoms with E-state index in [1.807, 2.05) is 16.8 Å². The number of para-hydroxylation sites is 1. The van der Waals surface area contributed by atoms with Crippen molar-refractivity contribution in [2.24, 2.45) is 0 Å². The highest BCUT2D eigenvalue weighted by Gasteiger charge is 2.34. The molecule has 2 heterocycles. The van der Waals surface area contributed by atoms with Crippen LogP contribution >= 0.6 is 0 Å². The van der Waals surface area contributed by atoms with Crippen LogP contribution in [-0.4, -0.2) is 53.5 Å². The topological polar surface area (TPSA) is 61.7 Å². The zero-order chi connectivity index (χ0) is 21.5. The molecule has 0 radical (unpaired) electrons. The molecule has 0 bridgehead atoms. The Morgan fingerprint density at radius 1 is 1.00 bits per heavy atom. The minimum Gasteiger partial charge on any atom is -0.497 e. The molecule has 1 atom stereocenters. The quantitative estimate of drug-likeness (QED) is 0.542. The molecule has 2 aromatic carbocycles. The van der Waals surface area contributed by atoms with Crippen molar-refractivity contribution in [3.05, 3.63) is 66.0 Å². The van der Waals surface area contributed by atoms with Gasteiger partial charge in [-0.1, -0.05) is 43.7 Å². The van der Waals surface area contributed by atoms with Crippen LogP contribution in [0, 0.1) is 0 Å². The number of methoxy groups -OCH3 is 1. The lowest BCUT2D eigenvalue weighted by Gasteiger charge is -2.34. The number of tetrazole rings is 1. The van der Waals surface area contributed by atoms with Crippen molar-refractivity contribution in [1.82, 2.24) is 20.2 Å². The van der Waals surface area contributed by atoms with Crippen LogP contribution < -0.4 is 14.5 Å². The summed E-state index contributed by atoms with van der Waals surface area (Å²) in [4.78, 5) is 3.19. The van der Waals surface area contributed by atoms with Gasteiger partial charge in [-0.2, -0.15) is 0 Å². The molecule has 0 unspecified atom stereocenters. The van der Waals surface area contributed by atoms with Crippen molar-refractivity contribution in [1.29, 1.82) is 0 Å². The maximum Gasteiger partial charge on any atom is 0.209 e. The molecule has 0 amide bonds. The fraction of sp³-hybridized carbons (Fsp3) is 0.458. The Hall–Kier alpha value is -2.77. The van der Waals surface area contributed by atoms with Crippen LogP contribution in [0.2, 0.25) is 0 Å². The van der Waals surface area contributed by atoms with Crippen LogP contribution in [0.1, 0.15) is 43.6 Å². The van der Waals surface area contributed by atoms with Gasteiger partial charge in [0.2, 0.25) is 5.82 Å².